The van der Waals surface area contributed by atoms with Gasteiger partial charge < -0.3 is 4.74 Å². The third kappa shape index (κ3) is 2.01. The Morgan fingerprint density at radius 3 is 2.40 bits per heavy atom. The lowest BCUT2D eigenvalue weighted by molar-refractivity contribution is -0.143. The van der Waals surface area contributed by atoms with E-state index < -0.39 is 5.41 Å². The van der Waals surface area contributed by atoms with Crippen molar-refractivity contribution in [3.8, 4) is 0 Å². The summed E-state index contributed by atoms with van der Waals surface area (Å²) in [5, 5.41) is 0.706. The van der Waals surface area contributed by atoms with Crippen molar-refractivity contribution in [2.45, 2.75) is 17.8 Å². The van der Waals surface area contributed by atoms with Gasteiger partial charge in [0.1, 0.15) is 5.41 Å². The molecule has 1 fully saturated rings. The lowest BCUT2D eigenvalue weighted by atomic mass is 9.91. The van der Waals surface area contributed by atoms with Crippen LogP contribution in [0.4, 0.5) is 0 Å². The summed E-state index contributed by atoms with van der Waals surface area (Å²) in [6.07, 6.45) is 0.783. The molecule has 0 N–H and O–H groups in total. The van der Waals surface area contributed by atoms with Gasteiger partial charge in [0.25, 0.3) is 0 Å². The molecule has 1 saturated carbocycles. The highest BCUT2D eigenvalue weighted by Crippen LogP contribution is 2.61. The molecule has 2 nitrogen and oxygen atoms in total. The number of rotatable bonds is 3. The van der Waals surface area contributed by atoms with E-state index in [-0.39, 0.29) is 11.9 Å². The standard InChI is InChI=1S/C17H15ClO2/c1-20-16(19)17(13-5-3-2-4-6-13)11-15(17)12-7-9-14(18)10-8-12/h2-10,15H,11H2,1H3/t15-,17-/m0/s1. The first-order valence-electron chi connectivity index (χ1n) is 6.58. The number of carbonyl (C=O) groups excluding carboxylic acids is 1. The highest BCUT2D eigenvalue weighted by atomic mass is 35.5. The molecule has 102 valence electrons. The molecule has 3 heteroatoms. The molecule has 1 aliphatic carbocycles. The first-order chi connectivity index (χ1) is 9.68. The van der Waals surface area contributed by atoms with Gasteiger partial charge in [0, 0.05) is 10.9 Å². The Morgan fingerprint density at radius 2 is 1.80 bits per heavy atom. The van der Waals surface area contributed by atoms with Crippen molar-refractivity contribution in [2.75, 3.05) is 7.11 Å². The number of halogens is 1. The molecule has 0 aliphatic heterocycles. The summed E-state index contributed by atoms with van der Waals surface area (Å²) in [5.41, 5.74) is 1.61. The van der Waals surface area contributed by atoms with Crippen LogP contribution in [0.5, 0.6) is 0 Å². The van der Waals surface area contributed by atoms with Crippen LogP contribution in [0.25, 0.3) is 0 Å². The SMILES string of the molecule is COC(=O)[C@]1(c2ccccc2)C[C@H]1c1ccc(Cl)cc1. The maximum Gasteiger partial charge on any atom is 0.316 e. The third-order valence-electron chi connectivity index (χ3n) is 4.07. The van der Waals surface area contributed by atoms with Gasteiger partial charge in [-0.15, -0.1) is 0 Å². The van der Waals surface area contributed by atoms with Gasteiger partial charge in [0.15, 0.2) is 0 Å². The largest absolute Gasteiger partial charge is 0.468 e. The van der Waals surface area contributed by atoms with Crippen LogP contribution >= 0.6 is 11.6 Å². The normalized spacial score (nSPS) is 24.2. The van der Waals surface area contributed by atoms with Gasteiger partial charge >= 0.3 is 5.97 Å². The van der Waals surface area contributed by atoms with Gasteiger partial charge in [0.05, 0.1) is 7.11 Å². The minimum atomic E-state index is -0.538. The van der Waals surface area contributed by atoms with E-state index >= 15 is 0 Å². The molecular weight excluding hydrogens is 272 g/mol. The Balaban J connectivity index is 1.99. The zero-order chi connectivity index (χ0) is 14.2. The van der Waals surface area contributed by atoms with Crippen molar-refractivity contribution >= 4 is 17.6 Å². The van der Waals surface area contributed by atoms with Crippen molar-refractivity contribution in [3.63, 3.8) is 0 Å². The monoisotopic (exact) mass is 286 g/mol. The summed E-state index contributed by atoms with van der Waals surface area (Å²) >= 11 is 5.92. The Labute approximate surface area is 123 Å². The average Bonchev–Trinajstić information content (AvgIpc) is 3.25. The molecule has 1 aliphatic rings. The predicted octanol–water partition coefficient (Wildman–Crippen LogP) is 3.94. The quantitative estimate of drug-likeness (QED) is 0.799. The van der Waals surface area contributed by atoms with Crippen LogP contribution in [0.15, 0.2) is 54.6 Å². The lowest BCUT2D eigenvalue weighted by Crippen LogP contribution is -2.24. The number of hydrogen-bond acceptors (Lipinski definition) is 2. The molecule has 3 rings (SSSR count). The minimum Gasteiger partial charge on any atom is -0.468 e. The van der Waals surface area contributed by atoms with Crippen LogP contribution in [-0.2, 0) is 14.9 Å². The Hall–Kier alpha value is -1.80. The van der Waals surface area contributed by atoms with E-state index in [2.05, 4.69) is 0 Å². The van der Waals surface area contributed by atoms with Crippen LogP contribution in [0.2, 0.25) is 5.02 Å². The van der Waals surface area contributed by atoms with Gasteiger partial charge in [-0.25, -0.2) is 0 Å². The number of hydrogen-bond donors (Lipinski definition) is 0. The molecule has 0 aromatic heterocycles. The van der Waals surface area contributed by atoms with Gasteiger partial charge in [-0.3, -0.25) is 4.79 Å². The molecule has 0 spiro atoms. The van der Waals surface area contributed by atoms with E-state index in [4.69, 9.17) is 16.3 Å². The van der Waals surface area contributed by atoms with Gasteiger partial charge in [-0.05, 0) is 29.7 Å². The fourth-order valence-electron chi connectivity index (χ4n) is 2.94. The van der Waals surface area contributed by atoms with Crippen LogP contribution in [-0.4, -0.2) is 13.1 Å². The zero-order valence-electron chi connectivity index (χ0n) is 11.2. The van der Waals surface area contributed by atoms with Gasteiger partial charge in [0.2, 0.25) is 0 Å². The fraction of sp³-hybridized carbons (Fsp3) is 0.235. The summed E-state index contributed by atoms with van der Waals surface area (Å²) < 4.78 is 5.04. The summed E-state index contributed by atoms with van der Waals surface area (Å²) in [6.45, 7) is 0. The van der Waals surface area contributed by atoms with Crippen molar-refractivity contribution < 1.29 is 9.53 Å². The Kier molecular flexibility index (Phi) is 3.27. The van der Waals surface area contributed by atoms with E-state index in [0.29, 0.717) is 5.02 Å². The lowest BCUT2D eigenvalue weighted by Gasteiger charge is -2.15. The molecule has 2 aromatic rings. The van der Waals surface area contributed by atoms with E-state index in [1.165, 1.54) is 7.11 Å². The molecular formula is C17H15ClO2. The Morgan fingerprint density at radius 1 is 1.15 bits per heavy atom. The minimum absolute atomic E-state index is 0.162. The van der Waals surface area contributed by atoms with Crippen LogP contribution in [0.1, 0.15) is 23.5 Å². The van der Waals surface area contributed by atoms with Crippen LogP contribution in [0, 0.1) is 0 Å². The van der Waals surface area contributed by atoms with E-state index in [1.54, 1.807) is 0 Å². The van der Waals surface area contributed by atoms with Crippen molar-refractivity contribution in [2.24, 2.45) is 0 Å². The van der Waals surface area contributed by atoms with E-state index in [9.17, 15) is 4.79 Å². The molecule has 2 atom stereocenters. The fourth-order valence-corrected chi connectivity index (χ4v) is 3.07. The molecule has 2 aromatic carbocycles. The molecule has 0 radical (unpaired) electrons. The average molecular weight is 287 g/mol. The molecule has 0 amide bonds. The van der Waals surface area contributed by atoms with Crippen molar-refractivity contribution in [3.05, 3.63) is 70.7 Å². The zero-order valence-corrected chi connectivity index (χ0v) is 11.9. The number of ether oxygens (including phenoxy) is 1. The summed E-state index contributed by atoms with van der Waals surface area (Å²) in [6, 6.07) is 17.5. The molecule has 0 saturated heterocycles. The second kappa shape index (κ2) is 4.95. The third-order valence-corrected chi connectivity index (χ3v) is 4.32. The van der Waals surface area contributed by atoms with Crippen LogP contribution in [0.3, 0.4) is 0 Å². The van der Waals surface area contributed by atoms with Crippen LogP contribution < -0.4 is 0 Å². The van der Waals surface area contributed by atoms with E-state index in [0.717, 1.165) is 17.5 Å². The summed E-state index contributed by atoms with van der Waals surface area (Å²) in [5.74, 6) is -0.00160. The first kappa shape index (κ1) is 13.2. The topological polar surface area (TPSA) is 26.3 Å². The van der Waals surface area contributed by atoms with Gasteiger partial charge in [-0.2, -0.15) is 0 Å². The maximum absolute atomic E-state index is 12.3. The first-order valence-corrected chi connectivity index (χ1v) is 6.95. The summed E-state index contributed by atoms with van der Waals surface area (Å²) in [7, 11) is 1.45. The van der Waals surface area contributed by atoms with E-state index in [1.807, 2.05) is 54.6 Å². The number of carbonyl (C=O) groups is 1. The number of esters is 1. The second-order valence-corrected chi connectivity index (χ2v) is 5.57. The van der Waals surface area contributed by atoms with Gasteiger partial charge in [-0.1, -0.05) is 54.1 Å². The molecule has 0 bridgehead atoms. The van der Waals surface area contributed by atoms with Crippen molar-refractivity contribution in [1.29, 1.82) is 0 Å². The Bertz CT molecular complexity index is 621. The second-order valence-electron chi connectivity index (χ2n) is 5.14. The number of methoxy groups -OCH3 is 1. The highest BCUT2D eigenvalue weighted by molar-refractivity contribution is 6.30. The summed E-state index contributed by atoms with van der Waals surface area (Å²) in [4.78, 5) is 12.3. The molecule has 0 heterocycles. The molecule has 0 unspecified atom stereocenters. The number of benzene rings is 2. The smallest absolute Gasteiger partial charge is 0.316 e. The van der Waals surface area contributed by atoms with Crippen molar-refractivity contribution in [1.82, 2.24) is 0 Å². The highest BCUT2D eigenvalue weighted by Gasteiger charge is 2.62. The predicted molar refractivity (Wildman–Crippen MR) is 78.9 cm³/mol. The maximum atomic E-state index is 12.3. The molecule has 20 heavy (non-hydrogen) atoms.